The Labute approximate surface area is 177 Å². The number of carbonyl (C=O) groups excluding carboxylic acids is 2. The van der Waals surface area contributed by atoms with E-state index >= 15 is 0 Å². The molecule has 0 N–H and O–H groups in total. The predicted octanol–water partition coefficient (Wildman–Crippen LogP) is 3.55. The summed E-state index contributed by atoms with van der Waals surface area (Å²) in [4.78, 5) is 37.6. The fraction of sp³-hybridized carbons (Fsp3) is 0.364. The highest BCUT2D eigenvalue weighted by Gasteiger charge is 2.30. The van der Waals surface area contributed by atoms with Gasteiger partial charge in [-0.15, -0.1) is 0 Å². The Balaban J connectivity index is 1.43. The summed E-state index contributed by atoms with van der Waals surface area (Å²) < 4.78 is 25.1. The van der Waals surface area contributed by atoms with Gasteiger partial charge in [-0.1, -0.05) is 0 Å². The van der Waals surface area contributed by atoms with Gasteiger partial charge >= 0.3 is 0 Å². The van der Waals surface area contributed by atoms with Crippen molar-refractivity contribution >= 4 is 17.4 Å². The Hall–Kier alpha value is -3.49. The van der Waals surface area contributed by atoms with Crippen molar-refractivity contribution in [3.05, 3.63) is 63.0 Å². The standard InChI is InChI=1S/C22H21FN2O6/c1-13-17(23)10-16(11-18(13)25(28)29)22(27)24-6-4-14(5-7-24)21(26)15-2-3-19-20(12-15)31-9-8-30-19/h2-3,10-12,14H,4-9H2,1H3. The maximum absolute atomic E-state index is 14.1. The van der Waals surface area contributed by atoms with Gasteiger partial charge in [-0.3, -0.25) is 19.7 Å². The van der Waals surface area contributed by atoms with Crippen LogP contribution in [0.25, 0.3) is 0 Å². The van der Waals surface area contributed by atoms with Crippen LogP contribution in [-0.4, -0.2) is 47.8 Å². The largest absolute Gasteiger partial charge is 0.486 e. The monoisotopic (exact) mass is 428 g/mol. The second kappa shape index (κ2) is 8.33. The maximum Gasteiger partial charge on any atom is 0.276 e. The van der Waals surface area contributed by atoms with Crippen LogP contribution < -0.4 is 9.47 Å². The molecule has 1 saturated heterocycles. The van der Waals surface area contributed by atoms with Crippen LogP contribution in [0.2, 0.25) is 0 Å². The van der Waals surface area contributed by atoms with Gasteiger partial charge in [-0.25, -0.2) is 4.39 Å². The lowest BCUT2D eigenvalue weighted by molar-refractivity contribution is -0.385. The fourth-order valence-corrected chi connectivity index (χ4v) is 3.94. The Morgan fingerprint density at radius 3 is 2.42 bits per heavy atom. The number of piperidine rings is 1. The smallest absolute Gasteiger partial charge is 0.276 e. The Bertz CT molecular complexity index is 1060. The molecule has 8 nitrogen and oxygen atoms in total. The van der Waals surface area contributed by atoms with Crippen LogP contribution in [0.15, 0.2) is 30.3 Å². The molecule has 0 aromatic heterocycles. The molecule has 0 bridgehead atoms. The number of nitro groups is 1. The van der Waals surface area contributed by atoms with Crippen molar-refractivity contribution < 1.29 is 28.4 Å². The van der Waals surface area contributed by atoms with Crippen LogP contribution in [0.5, 0.6) is 11.5 Å². The van der Waals surface area contributed by atoms with E-state index in [2.05, 4.69) is 0 Å². The number of ketones is 1. The van der Waals surface area contributed by atoms with E-state index in [1.807, 2.05) is 0 Å². The molecule has 2 aromatic rings. The fourth-order valence-electron chi connectivity index (χ4n) is 3.94. The van der Waals surface area contributed by atoms with Crippen molar-refractivity contribution in [3.8, 4) is 11.5 Å². The van der Waals surface area contributed by atoms with E-state index in [1.54, 1.807) is 18.2 Å². The van der Waals surface area contributed by atoms with Crippen molar-refractivity contribution in [3.63, 3.8) is 0 Å². The zero-order chi connectivity index (χ0) is 22.1. The number of fused-ring (bicyclic) bond motifs is 1. The molecule has 0 unspecified atom stereocenters. The number of carbonyl (C=O) groups is 2. The second-order valence-corrected chi connectivity index (χ2v) is 7.65. The third kappa shape index (κ3) is 4.08. The normalized spacial score (nSPS) is 16.1. The first-order valence-corrected chi connectivity index (χ1v) is 10.0. The van der Waals surface area contributed by atoms with E-state index in [0.29, 0.717) is 56.2 Å². The van der Waals surface area contributed by atoms with Crippen LogP contribution in [0.4, 0.5) is 10.1 Å². The van der Waals surface area contributed by atoms with E-state index in [1.165, 1.54) is 11.8 Å². The Morgan fingerprint density at radius 1 is 1.06 bits per heavy atom. The molecule has 9 heteroatoms. The number of nitrogens with zero attached hydrogens (tertiary/aromatic N) is 2. The number of ether oxygens (including phenoxy) is 2. The lowest BCUT2D eigenvalue weighted by Crippen LogP contribution is -2.40. The molecule has 162 valence electrons. The Morgan fingerprint density at radius 2 is 1.74 bits per heavy atom. The molecule has 2 aromatic carbocycles. The second-order valence-electron chi connectivity index (χ2n) is 7.65. The lowest BCUT2D eigenvalue weighted by Gasteiger charge is -2.31. The first kappa shape index (κ1) is 20.8. The molecule has 0 atom stereocenters. The van der Waals surface area contributed by atoms with E-state index in [9.17, 15) is 24.1 Å². The van der Waals surface area contributed by atoms with Gasteiger partial charge < -0.3 is 14.4 Å². The molecule has 1 fully saturated rings. The number of nitro benzene ring substituents is 1. The summed E-state index contributed by atoms with van der Waals surface area (Å²) in [6.07, 6.45) is 0.908. The Kier molecular flexibility index (Phi) is 5.58. The predicted molar refractivity (Wildman–Crippen MR) is 108 cm³/mol. The highest BCUT2D eigenvalue weighted by atomic mass is 19.1. The van der Waals surface area contributed by atoms with Crippen LogP contribution in [0.1, 0.15) is 39.1 Å². The molecule has 0 aliphatic carbocycles. The summed E-state index contributed by atoms with van der Waals surface area (Å²) >= 11 is 0. The quantitative estimate of drug-likeness (QED) is 0.420. The summed E-state index contributed by atoms with van der Waals surface area (Å²) in [6.45, 7) is 2.83. The summed E-state index contributed by atoms with van der Waals surface area (Å²) in [7, 11) is 0. The number of likely N-dealkylation sites (tertiary alicyclic amines) is 1. The first-order valence-electron chi connectivity index (χ1n) is 10.0. The topological polar surface area (TPSA) is 99.0 Å². The van der Waals surface area contributed by atoms with E-state index in [4.69, 9.17) is 9.47 Å². The van der Waals surface area contributed by atoms with Crippen LogP contribution in [0, 0.1) is 28.8 Å². The van der Waals surface area contributed by atoms with Crippen molar-refractivity contribution in [1.82, 2.24) is 4.90 Å². The molecule has 2 aliphatic rings. The zero-order valence-electron chi connectivity index (χ0n) is 16.9. The SMILES string of the molecule is Cc1c(F)cc(C(=O)N2CCC(C(=O)c3ccc4c(c3)OCCO4)CC2)cc1[N+](=O)[O-]. The minimum Gasteiger partial charge on any atom is -0.486 e. The number of amides is 1. The summed E-state index contributed by atoms with van der Waals surface area (Å²) in [5, 5.41) is 11.1. The van der Waals surface area contributed by atoms with Gasteiger partial charge in [0, 0.05) is 36.2 Å². The first-order chi connectivity index (χ1) is 14.8. The van der Waals surface area contributed by atoms with Crippen molar-refractivity contribution in [1.29, 1.82) is 0 Å². The van der Waals surface area contributed by atoms with Crippen LogP contribution in [0.3, 0.4) is 0 Å². The van der Waals surface area contributed by atoms with Gasteiger partial charge in [0.05, 0.1) is 10.5 Å². The lowest BCUT2D eigenvalue weighted by atomic mass is 9.88. The number of benzene rings is 2. The van der Waals surface area contributed by atoms with Gasteiger partial charge in [-0.2, -0.15) is 0 Å². The van der Waals surface area contributed by atoms with Gasteiger partial charge in [0.15, 0.2) is 17.3 Å². The van der Waals surface area contributed by atoms with Crippen molar-refractivity contribution in [2.24, 2.45) is 5.92 Å². The zero-order valence-corrected chi connectivity index (χ0v) is 16.9. The highest BCUT2D eigenvalue weighted by Crippen LogP contribution is 2.33. The van der Waals surface area contributed by atoms with Crippen LogP contribution >= 0.6 is 0 Å². The maximum atomic E-state index is 14.1. The number of halogens is 1. The molecule has 0 saturated carbocycles. The number of rotatable bonds is 4. The van der Waals surface area contributed by atoms with E-state index < -0.39 is 22.3 Å². The average Bonchev–Trinajstić information content (AvgIpc) is 2.79. The minimum absolute atomic E-state index is 0.0268. The van der Waals surface area contributed by atoms with Gasteiger partial charge in [0.2, 0.25) is 0 Å². The molecule has 2 aliphatic heterocycles. The molecular weight excluding hydrogens is 407 g/mol. The molecule has 0 radical (unpaired) electrons. The molecule has 0 spiro atoms. The molecule has 4 rings (SSSR count). The number of hydrogen-bond acceptors (Lipinski definition) is 6. The molecule has 2 heterocycles. The minimum atomic E-state index is -0.791. The molecular formula is C22H21FN2O6. The number of hydrogen-bond donors (Lipinski definition) is 0. The average molecular weight is 428 g/mol. The highest BCUT2D eigenvalue weighted by molar-refractivity contribution is 5.99. The van der Waals surface area contributed by atoms with E-state index in [-0.39, 0.29) is 22.8 Å². The van der Waals surface area contributed by atoms with Gasteiger partial charge in [0.25, 0.3) is 11.6 Å². The van der Waals surface area contributed by atoms with Gasteiger partial charge in [0.1, 0.15) is 19.0 Å². The third-order valence-corrected chi connectivity index (χ3v) is 5.74. The summed E-state index contributed by atoms with van der Waals surface area (Å²) in [5.41, 5.74) is -0.0611. The van der Waals surface area contributed by atoms with Crippen molar-refractivity contribution in [2.75, 3.05) is 26.3 Å². The summed E-state index contributed by atoms with van der Waals surface area (Å²) in [5.74, 6) is -0.388. The third-order valence-electron chi connectivity index (χ3n) is 5.74. The summed E-state index contributed by atoms with van der Waals surface area (Å²) in [6, 6.07) is 7.24. The number of Topliss-reactive ketones (excluding diaryl/α,β-unsaturated/α-hetero) is 1. The van der Waals surface area contributed by atoms with Crippen LogP contribution in [-0.2, 0) is 0 Å². The van der Waals surface area contributed by atoms with Gasteiger partial charge in [-0.05, 0) is 44.0 Å². The molecule has 1 amide bonds. The van der Waals surface area contributed by atoms with Crippen molar-refractivity contribution in [2.45, 2.75) is 19.8 Å². The molecule has 31 heavy (non-hydrogen) atoms. The van der Waals surface area contributed by atoms with E-state index in [0.717, 1.165) is 12.1 Å².